The molecular weight excluding hydrogens is 498 g/mol. The molecule has 0 bridgehead atoms. The van der Waals surface area contributed by atoms with Gasteiger partial charge in [-0.05, 0) is 59.0 Å². The van der Waals surface area contributed by atoms with E-state index in [1.807, 2.05) is 41.0 Å². The molecule has 1 N–H and O–H groups in total. The van der Waals surface area contributed by atoms with Crippen LogP contribution in [0, 0.1) is 0 Å². The third kappa shape index (κ3) is 5.83. The Hall–Kier alpha value is -3.45. The van der Waals surface area contributed by atoms with E-state index in [0.717, 1.165) is 42.0 Å². The quantitative estimate of drug-likeness (QED) is 0.342. The summed E-state index contributed by atoms with van der Waals surface area (Å²) in [5.74, 6) is 0.00440. The van der Waals surface area contributed by atoms with E-state index in [0.29, 0.717) is 36.1 Å². The number of amides is 1. The minimum Gasteiger partial charge on any atom is -0.379 e. The summed E-state index contributed by atoms with van der Waals surface area (Å²) >= 11 is 5.98. The van der Waals surface area contributed by atoms with Crippen LogP contribution in [0.3, 0.4) is 0 Å². The fourth-order valence-corrected chi connectivity index (χ4v) is 4.89. The normalized spacial score (nSPS) is 14.2. The van der Waals surface area contributed by atoms with Gasteiger partial charge in [0.1, 0.15) is 5.56 Å². The number of carbonyl (C=O) groups is 1. The number of nitrogens with zero attached hydrogens (tertiary/aromatic N) is 2. The van der Waals surface area contributed by atoms with Crippen molar-refractivity contribution in [2.75, 3.05) is 26.3 Å². The van der Waals surface area contributed by atoms with E-state index in [1.165, 1.54) is 5.56 Å². The maximum Gasteiger partial charge on any atom is 0.257 e. The van der Waals surface area contributed by atoms with Gasteiger partial charge in [-0.3, -0.25) is 14.5 Å². The van der Waals surface area contributed by atoms with E-state index in [2.05, 4.69) is 42.3 Å². The first-order valence-electron chi connectivity index (χ1n) is 13.0. The molecule has 0 saturated carbocycles. The number of benzene rings is 3. The molecule has 38 heavy (non-hydrogen) atoms. The molecule has 2 heterocycles. The van der Waals surface area contributed by atoms with Gasteiger partial charge >= 0.3 is 0 Å². The lowest BCUT2D eigenvalue weighted by molar-refractivity contribution is 0.0342. The number of hydrogen-bond donors (Lipinski definition) is 1. The second kappa shape index (κ2) is 11.5. The Morgan fingerprint density at radius 2 is 1.66 bits per heavy atom. The number of rotatable bonds is 7. The minimum atomic E-state index is -0.405. The Kier molecular flexibility index (Phi) is 7.93. The van der Waals surface area contributed by atoms with E-state index >= 15 is 0 Å². The summed E-state index contributed by atoms with van der Waals surface area (Å²) in [6, 6.07) is 21.5. The number of morpholine rings is 1. The van der Waals surface area contributed by atoms with Gasteiger partial charge in [0.25, 0.3) is 5.91 Å². The van der Waals surface area contributed by atoms with Gasteiger partial charge in [0.2, 0.25) is 5.43 Å². The predicted molar refractivity (Wildman–Crippen MR) is 152 cm³/mol. The van der Waals surface area contributed by atoms with Crippen LogP contribution in [-0.4, -0.2) is 41.7 Å². The zero-order valence-corrected chi connectivity index (χ0v) is 22.5. The van der Waals surface area contributed by atoms with Gasteiger partial charge in [-0.1, -0.05) is 55.8 Å². The van der Waals surface area contributed by atoms with Crippen molar-refractivity contribution in [3.8, 4) is 5.69 Å². The highest BCUT2D eigenvalue weighted by molar-refractivity contribution is 6.30. The number of pyridine rings is 1. The van der Waals surface area contributed by atoms with Crippen molar-refractivity contribution in [1.82, 2.24) is 14.8 Å². The van der Waals surface area contributed by atoms with Crippen LogP contribution in [0.25, 0.3) is 16.6 Å². The summed E-state index contributed by atoms with van der Waals surface area (Å²) in [6.07, 6.45) is 1.66. The monoisotopic (exact) mass is 529 g/mol. The number of halogens is 1. The molecule has 1 aromatic heterocycles. The first-order valence-corrected chi connectivity index (χ1v) is 13.4. The van der Waals surface area contributed by atoms with Crippen molar-refractivity contribution in [2.45, 2.75) is 32.9 Å². The number of ether oxygens (including phenoxy) is 1. The largest absolute Gasteiger partial charge is 0.379 e. The lowest BCUT2D eigenvalue weighted by Gasteiger charge is -2.26. The van der Waals surface area contributed by atoms with Gasteiger partial charge in [0, 0.05) is 48.5 Å². The van der Waals surface area contributed by atoms with Gasteiger partial charge in [-0.2, -0.15) is 0 Å². The van der Waals surface area contributed by atoms with Crippen molar-refractivity contribution >= 4 is 28.4 Å². The minimum absolute atomic E-state index is 0.114. The lowest BCUT2D eigenvalue weighted by Crippen LogP contribution is -2.35. The Balaban J connectivity index is 1.54. The van der Waals surface area contributed by atoms with Crippen LogP contribution >= 0.6 is 11.6 Å². The maximum atomic E-state index is 13.7. The highest BCUT2D eigenvalue weighted by Crippen LogP contribution is 2.23. The molecule has 0 radical (unpaired) electrons. The van der Waals surface area contributed by atoms with Crippen LogP contribution in [-0.2, 0) is 17.8 Å². The summed E-state index contributed by atoms with van der Waals surface area (Å²) in [5, 5.41) is 4.07. The second-order valence-corrected chi connectivity index (χ2v) is 10.5. The molecule has 196 valence electrons. The zero-order valence-electron chi connectivity index (χ0n) is 21.7. The molecule has 4 aromatic rings. The van der Waals surface area contributed by atoms with Crippen LogP contribution < -0.4 is 10.7 Å². The van der Waals surface area contributed by atoms with Crippen molar-refractivity contribution in [1.29, 1.82) is 0 Å². The van der Waals surface area contributed by atoms with E-state index in [-0.39, 0.29) is 11.0 Å². The van der Waals surface area contributed by atoms with E-state index in [1.54, 1.807) is 18.3 Å². The molecule has 0 spiro atoms. The van der Waals surface area contributed by atoms with Crippen LogP contribution in [0.4, 0.5) is 0 Å². The van der Waals surface area contributed by atoms with E-state index in [9.17, 15) is 9.59 Å². The highest BCUT2D eigenvalue weighted by Gasteiger charge is 2.18. The molecular formula is C31H32ClN3O3. The molecule has 5 rings (SSSR count). The predicted octanol–water partition coefficient (Wildman–Crippen LogP) is 5.53. The molecule has 0 atom stereocenters. The summed E-state index contributed by atoms with van der Waals surface area (Å²) < 4.78 is 7.41. The van der Waals surface area contributed by atoms with Gasteiger partial charge < -0.3 is 14.6 Å². The molecule has 1 saturated heterocycles. The Labute approximate surface area is 227 Å². The standard InChI is InChI=1S/C31H32ClN3O3/c1-21(2)24-6-10-26(11-7-24)35-20-28(31(37)33-18-22-3-8-25(32)9-4-22)30(36)27-17-23(5-12-29(27)35)19-34-13-15-38-16-14-34/h3-12,17,20-21H,13-16,18-19H2,1-2H3,(H,33,37). The van der Waals surface area contributed by atoms with Crippen LogP contribution in [0.1, 0.15) is 46.8 Å². The number of nitrogens with one attached hydrogen (secondary N) is 1. The Morgan fingerprint density at radius 3 is 2.34 bits per heavy atom. The first kappa shape index (κ1) is 26.2. The number of fused-ring (bicyclic) bond motifs is 1. The molecule has 1 aliphatic heterocycles. The molecule has 1 aliphatic rings. The average Bonchev–Trinajstić information content (AvgIpc) is 2.93. The van der Waals surface area contributed by atoms with Crippen LogP contribution in [0.5, 0.6) is 0 Å². The summed E-state index contributed by atoms with van der Waals surface area (Å²) in [4.78, 5) is 29.3. The third-order valence-corrected chi connectivity index (χ3v) is 7.28. The van der Waals surface area contributed by atoms with Crippen molar-refractivity contribution in [3.05, 3.63) is 110 Å². The summed E-state index contributed by atoms with van der Waals surface area (Å²) in [7, 11) is 0. The molecule has 3 aromatic carbocycles. The van der Waals surface area contributed by atoms with Crippen LogP contribution in [0.15, 0.2) is 77.7 Å². The Bertz CT molecular complexity index is 1490. The second-order valence-electron chi connectivity index (χ2n) is 10.0. The molecule has 0 unspecified atom stereocenters. The lowest BCUT2D eigenvalue weighted by atomic mass is 10.0. The average molecular weight is 530 g/mol. The summed E-state index contributed by atoms with van der Waals surface area (Å²) in [5.41, 5.74) is 4.68. The molecule has 1 amide bonds. The SMILES string of the molecule is CC(C)c1ccc(-n2cc(C(=O)NCc3ccc(Cl)cc3)c(=O)c3cc(CN4CCOCC4)ccc32)cc1. The van der Waals surface area contributed by atoms with Gasteiger partial charge in [-0.15, -0.1) is 0 Å². The van der Waals surface area contributed by atoms with Gasteiger partial charge in [-0.25, -0.2) is 0 Å². The highest BCUT2D eigenvalue weighted by atomic mass is 35.5. The van der Waals surface area contributed by atoms with Crippen LogP contribution in [0.2, 0.25) is 5.02 Å². The molecule has 0 aliphatic carbocycles. The third-order valence-electron chi connectivity index (χ3n) is 7.03. The summed E-state index contributed by atoms with van der Waals surface area (Å²) in [6.45, 7) is 8.48. The van der Waals surface area contributed by atoms with Gasteiger partial charge in [0.05, 0.1) is 18.7 Å². The maximum absolute atomic E-state index is 13.7. The number of hydrogen-bond acceptors (Lipinski definition) is 4. The first-order chi connectivity index (χ1) is 18.4. The van der Waals surface area contributed by atoms with Crippen molar-refractivity contribution in [3.63, 3.8) is 0 Å². The van der Waals surface area contributed by atoms with Crippen molar-refractivity contribution in [2.24, 2.45) is 0 Å². The fraction of sp³-hybridized carbons (Fsp3) is 0.290. The zero-order chi connectivity index (χ0) is 26.6. The fourth-order valence-electron chi connectivity index (χ4n) is 4.77. The molecule has 7 heteroatoms. The number of carbonyl (C=O) groups excluding carboxylic acids is 1. The Morgan fingerprint density at radius 1 is 0.974 bits per heavy atom. The number of aromatic nitrogens is 1. The topological polar surface area (TPSA) is 63.6 Å². The van der Waals surface area contributed by atoms with Crippen molar-refractivity contribution < 1.29 is 9.53 Å². The smallest absolute Gasteiger partial charge is 0.257 e. The molecule has 1 fully saturated rings. The molecule has 6 nitrogen and oxygen atoms in total. The van der Waals surface area contributed by atoms with Gasteiger partial charge in [0.15, 0.2) is 0 Å². The van der Waals surface area contributed by atoms with E-state index in [4.69, 9.17) is 16.3 Å². The van der Waals surface area contributed by atoms with E-state index < -0.39 is 5.91 Å².